The molecule has 0 saturated heterocycles. The van der Waals surface area contributed by atoms with Crippen LogP contribution in [0, 0.1) is 0 Å². The van der Waals surface area contributed by atoms with Crippen molar-refractivity contribution in [1.29, 1.82) is 0 Å². The van der Waals surface area contributed by atoms with Gasteiger partial charge in [-0.15, -0.1) is 0 Å². The van der Waals surface area contributed by atoms with Crippen LogP contribution in [0.2, 0.25) is 5.02 Å². The van der Waals surface area contributed by atoms with Gasteiger partial charge < -0.3 is 14.6 Å². The molecule has 25 heavy (non-hydrogen) atoms. The highest BCUT2D eigenvalue weighted by Gasteiger charge is 2.22. The number of halogens is 1. The monoisotopic (exact) mass is 354 g/mol. The van der Waals surface area contributed by atoms with Gasteiger partial charge in [-0.25, -0.2) is 4.98 Å². The first kappa shape index (κ1) is 16.3. The molecule has 128 valence electrons. The van der Waals surface area contributed by atoms with E-state index in [1.807, 2.05) is 42.7 Å². The second-order valence-electron chi connectivity index (χ2n) is 6.10. The zero-order valence-electron chi connectivity index (χ0n) is 13.7. The number of nitrogens with zero attached hydrogens (tertiary/aromatic N) is 3. The fourth-order valence-corrected chi connectivity index (χ4v) is 3.16. The highest BCUT2D eigenvalue weighted by atomic mass is 35.5. The van der Waals surface area contributed by atoms with Gasteiger partial charge in [0, 0.05) is 30.5 Å². The number of fused-ring (bicyclic) bond motifs is 1. The largest absolute Gasteiger partial charge is 0.367 e. The number of ether oxygens (including phenoxy) is 1. The predicted octanol–water partition coefficient (Wildman–Crippen LogP) is 3.29. The quantitative estimate of drug-likeness (QED) is 0.764. The molecule has 1 aliphatic heterocycles. The van der Waals surface area contributed by atoms with Gasteiger partial charge in [0.1, 0.15) is 12.4 Å². The molecule has 1 aliphatic rings. The van der Waals surface area contributed by atoms with Crippen LogP contribution in [0.5, 0.6) is 0 Å². The van der Waals surface area contributed by atoms with Crippen molar-refractivity contribution in [3.8, 4) is 11.3 Å². The fraction of sp³-hybridized carbons (Fsp3) is 0.263. The highest BCUT2D eigenvalue weighted by Crippen LogP contribution is 2.26. The average molecular weight is 355 g/mol. The Morgan fingerprint density at radius 3 is 2.88 bits per heavy atom. The van der Waals surface area contributed by atoms with Crippen LogP contribution in [0.3, 0.4) is 0 Å². The molecule has 0 fully saturated rings. The van der Waals surface area contributed by atoms with Crippen molar-refractivity contribution in [3.05, 3.63) is 71.4 Å². The molecule has 1 N–H and O–H groups in total. The number of rotatable bonds is 5. The lowest BCUT2D eigenvalue weighted by Crippen LogP contribution is -2.36. The maximum absolute atomic E-state index is 5.99. The van der Waals surface area contributed by atoms with Crippen molar-refractivity contribution >= 4 is 11.6 Å². The Morgan fingerprint density at radius 1 is 1.20 bits per heavy atom. The molecule has 0 unspecified atom stereocenters. The number of imidazole rings is 1. The summed E-state index contributed by atoms with van der Waals surface area (Å²) in [5.74, 6) is 0.966. The van der Waals surface area contributed by atoms with Crippen LogP contribution in [0.25, 0.3) is 11.3 Å². The number of nitrogens with one attached hydrogen (secondary N) is 1. The van der Waals surface area contributed by atoms with Gasteiger partial charge in [-0.05, 0) is 29.3 Å². The third-order valence-electron chi connectivity index (χ3n) is 4.34. The molecule has 0 radical (unpaired) electrons. The third-order valence-corrected chi connectivity index (χ3v) is 4.59. The molecule has 6 heteroatoms. The molecule has 4 rings (SSSR count). The molecule has 0 spiro atoms. The van der Waals surface area contributed by atoms with Crippen molar-refractivity contribution in [2.24, 2.45) is 0 Å². The number of benzene rings is 1. The Morgan fingerprint density at radius 2 is 2.08 bits per heavy atom. The summed E-state index contributed by atoms with van der Waals surface area (Å²) in [6, 6.07) is 11.9. The zero-order valence-corrected chi connectivity index (χ0v) is 14.5. The summed E-state index contributed by atoms with van der Waals surface area (Å²) in [5, 5.41) is 4.18. The number of hydrogen-bond acceptors (Lipinski definition) is 4. The smallest absolute Gasteiger partial charge is 0.135 e. The van der Waals surface area contributed by atoms with Crippen molar-refractivity contribution in [2.75, 3.05) is 6.54 Å². The molecule has 0 amide bonds. The second-order valence-corrected chi connectivity index (χ2v) is 6.54. The molecule has 3 heterocycles. The van der Waals surface area contributed by atoms with E-state index in [1.54, 1.807) is 6.20 Å². The van der Waals surface area contributed by atoms with E-state index < -0.39 is 0 Å². The standard InChI is InChI=1S/C19H19ClN4O/c20-16-5-3-15(4-6-16)18-11-23-19-13-25-17(12-24(18)19)10-22-9-14-2-1-7-21-8-14/h1-8,11,17,22H,9-10,12-13H2/t17-/m0/s1. The summed E-state index contributed by atoms with van der Waals surface area (Å²) in [6.45, 7) is 2.89. The molecule has 2 aromatic heterocycles. The Balaban J connectivity index is 1.42. The summed E-state index contributed by atoms with van der Waals surface area (Å²) in [7, 11) is 0. The summed E-state index contributed by atoms with van der Waals surface area (Å²) in [6.07, 6.45) is 5.69. The van der Waals surface area contributed by atoms with Gasteiger partial charge >= 0.3 is 0 Å². The van der Waals surface area contributed by atoms with Crippen LogP contribution < -0.4 is 5.32 Å². The normalized spacial score (nSPS) is 16.6. The molecule has 3 aromatic rings. The van der Waals surface area contributed by atoms with Crippen LogP contribution in [-0.4, -0.2) is 27.2 Å². The van der Waals surface area contributed by atoms with Gasteiger partial charge in [0.15, 0.2) is 0 Å². The molecule has 1 aromatic carbocycles. The molecule has 0 aliphatic carbocycles. The summed E-state index contributed by atoms with van der Waals surface area (Å²) in [4.78, 5) is 8.63. The van der Waals surface area contributed by atoms with E-state index in [0.717, 1.165) is 41.7 Å². The minimum Gasteiger partial charge on any atom is -0.367 e. The van der Waals surface area contributed by atoms with Gasteiger partial charge in [0.25, 0.3) is 0 Å². The molecule has 1 atom stereocenters. The Bertz CT molecular complexity index is 832. The Hall–Kier alpha value is -2.21. The van der Waals surface area contributed by atoms with Crippen molar-refractivity contribution in [1.82, 2.24) is 19.9 Å². The van der Waals surface area contributed by atoms with Crippen molar-refractivity contribution < 1.29 is 4.74 Å². The SMILES string of the molecule is Clc1ccc(-c2cnc3n2C[C@H](CNCc2cccnc2)OC3)cc1. The van der Waals surface area contributed by atoms with Gasteiger partial charge in [0.05, 0.1) is 24.5 Å². The maximum atomic E-state index is 5.99. The van der Waals surface area contributed by atoms with E-state index in [0.29, 0.717) is 6.61 Å². The van der Waals surface area contributed by atoms with Crippen LogP contribution >= 0.6 is 11.6 Å². The fourth-order valence-electron chi connectivity index (χ4n) is 3.04. The topological polar surface area (TPSA) is 52.0 Å². The van der Waals surface area contributed by atoms with E-state index in [1.165, 1.54) is 5.56 Å². The Labute approximate surface area is 151 Å². The van der Waals surface area contributed by atoms with E-state index >= 15 is 0 Å². The minimum atomic E-state index is 0.115. The first-order valence-electron chi connectivity index (χ1n) is 8.31. The van der Waals surface area contributed by atoms with E-state index in [4.69, 9.17) is 16.3 Å². The average Bonchev–Trinajstić information content (AvgIpc) is 3.07. The summed E-state index contributed by atoms with van der Waals surface area (Å²) < 4.78 is 8.17. The zero-order chi connectivity index (χ0) is 17.1. The lowest BCUT2D eigenvalue weighted by atomic mass is 10.1. The summed E-state index contributed by atoms with van der Waals surface area (Å²) >= 11 is 5.99. The molecular formula is C19H19ClN4O. The first-order valence-corrected chi connectivity index (χ1v) is 8.69. The molecule has 0 bridgehead atoms. The molecular weight excluding hydrogens is 336 g/mol. The van der Waals surface area contributed by atoms with Crippen molar-refractivity contribution in [3.63, 3.8) is 0 Å². The van der Waals surface area contributed by atoms with Gasteiger partial charge in [-0.2, -0.15) is 0 Å². The van der Waals surface area contributed by atoms with E-state index in [-0.39, 0.29) is 6.10 Å². The van der Waals surface area contributed by atoms with Crippen LogP contribution in [0.4, 0.5) is 0 Å². The molecule has 5 nitrogen and oxygen atoms in total. The lowest BCUT2D eigenvalue weighted by molar-refractivity contribution is 0.00325. The van der Waals surface area contributed by atoms with E-state index in [2.05, 4.69) is 25.9 Å². The summed E-state index contributed by atoms with van der Waals surface area (Å²) in [5.41, 5.74) is 3.39. The first-order chi connectivity index (χ1) is 12.3. The second kappa shape index (κ2) is 7.35. The van der Waals surface area contributed by atoms with Gasteiger partial charge in [-0.3, -0.25) is 4.98 Å². The third kappa shape index (κ3) is 3.74. The maximum Gasteiger partial charge on any atom is 0.135 e. The van der Waals surface area contributed by atoms with Crippen LogP contribution in [0.15, 0.2) is 55.0 Å². The van der Waals surface area contributed by atoms with E-state index in [9.17, 15) is 0 Å². The van der Waals surface area contributed by atoms with Gasteiger partial charge in [0.2, 0.25) is 0 Å². The number of aromatic nitrogens is 3. The molecule has 0 saturated carbocycles. The lowest BCUT2D eigenvalue weighted by Gasteiger charge is -2.26. The Kier molecular flexibility index (Phi) is 4.78. The van der Waals surface area contributed by atoms with Crippen molar-refractivity contribution in [2.45, 2.75) is 25.8 Å². The van der Waals surface area contributed by atoms with Crippen LogP contribution in [0.1, 0.15) is 11.4 Å². The van der Waals surface area contributed by atoms with Gasteiger partial charge in [-0.1, -0.05) is 29.8 Å². The highest BCUT2D eigenvalue weighted by molar-refractivity contribution is 6.30. The number of pyridine rings is 1. The predicted molar refractivity (Wildman–Crippen MR) is 97.2 cm³/mol. The number of hydrogen-bond donors (Lipinski definition) is 1. The minimum absolute atomic E-state index is 0.115. The van der Waals surface area contributed by atoms with Crippen LogP contribution in [-0.2, 0) is 24.4 Å².